The van der Waals surface area contributed by atoms with Crippen molar-refractivity contribution in [3.05, 3.63) is 70.3 Å². The Bertz CT molecular complexity index is 1780. The molecule has 9 nitrogen and oxygen atoms in total. The summed E-state index contributed by atoms with van der Waals surface area (Å²) in [5.74, 6) is 0.515. The molecule has 0 unspecified atom stereocenters. The number of piperazine rings is 1. The molecule has 2 fully saturated rings. The number of rotatable bonds is 4. The molecule has 3 heterocycles. The fourth-order valence-electron chi connectivity index (χ4n) is 9.59. The van der Waals surface area contributed by atoms with Crippen LogP contribution in [0.5, 0.6) is 5.75 Å². The number of allylic oxidation sites excluding steroid dienone is 1. The predicted molar refractivity (Wildman–Crippen MR) is 208 cm³/mol. The summed E-state index contributed by atoms with van der Waals surface area (Å²) in [7, 11) is -2.09. The maximum Gasteiger partial charge on any atom is 0.264 e. The van der Waals surface area contributed by atoms with Crippen LogP contribution in [0.25, 0.3) is 0 Å². The first kappa shape index (κ1) is 37.7. The minimum absolute atomic E-state index is 0.212. The molecule has 2 aliphatic carbocycles. The van der Waals surface area contributed by atoms with Gasteiger partial charge in [0.1, 0.15) is 11.4 Å². The molecule has 0 aromatic heterocycles. The molecule has 284 valence electrons. The molecule has 1 saturated carbocycles. The molecule has 11 heteroatoms. The van der Waals surface area contributed by atoms with Crippen LogP contribution >= 0.6 is 11.6 Å². The number of carbonyl (C=O) groups is 1. The van der Waals surface area contributed by atoms with Gasteiger partial charge in [0.2, 0.25) is 10.0 Å². The van der Waals surface area contributed by atoms with Crippen molar-refractivity contribution in [3.8, 4) is 5.75 Å². The van der Waals surface area contributed by atoms with Gasteiger partial charge in [-0.3, -0.25) is 14.6 Å². The number of aryl methyl sites for hydroxylation is 1. The zero-order chi connectivity index (χ0) is 36.8. The maximum atomic E-state index is 13.6. The Morgan fingerprint density at radius 2 is 1.87 bits per heavy atom. The number of ether oxygens (including phenoxy) is 2. The van der Waals surface area contributed by atoms with Crippen molar-refractivity contribution >= 4 is 33.2 Å². The Kier molecular flexibility index (Phi) is 10.8. The summed E-state index contributed by atoms with van der Waals surface area (Å²) in [5.41, 5.74) is 2.93. The number of hydrogen-bond donors (Lipinski definition) is 1. The molecular formula is C41H57ClN4O5S. The molecule has 1 amide bonds. The van der Waals surface area contributed by atoms with Crippen molar-refractivity contribution in [1.82, 2.24) is 14.5 Å². The van der Waals surface area contributed by atoms with Crippen LogP contribution in [-0.4, -0.2) is 101 Å². The van der Waals surface area contributed by atoms with E-state index in [0.29, 0.717) is 30.6 Å². The number of nitrogens with zero attached hydrogens (tertiary/aromatic N) is 3. The number of nitrogens with one attached hydrogen (secondary N) is 1. The summed E-state index contributed by atoms with van der Waals surface area (Å²) in [5, 5.41) is -0.0215. The highest BCUT2D eigenvalue weighted by atomic mass is 35.5. The lowest BCUT2D eigenvalue weighted by Gasteiger charge is -2.52. The lowest BCUT2D eigenvalue weighted by Crippen LogP contribution is -2.59. The Hall–Kier alpha value is -2.63. The summed E-state index contributed by atoms with van der Waals surface area (Å²) >= 11 is 6.50. The second-order valence-corrected chi connectivity index (χ2v) is 19.1. The Labute approximate surface area is 316 Å². The molecule has 52 heavy (non-hydrogen) atoms. The SMILES string of the molecule is CO[C@]1(CN2CCN(C(C)C)CC2)/C=C/C[C@H](C)[C@@H](C)S(=O)(=O)NC(=O)c2ccc3c(c2)N(C[C@@H]2CC[C@H]21)C[C@@]1(CCCc2cc(Cl)ccc21)CO3. The van der Waals surface area contributed by atoms with Gasteiger partial charge in [-0.2, -0.15) is 0 Å². The number of sulfonamides is 1. The molecule has 6 atom stereocenters. The summed E-state index contributed by atoms with van der Waals surface area (Å²) < 4.78 is 43.0. The van der Waals surface area contributed by atoms with Gasteiger partial charge in [-0.15, -0.1) is 0 Å². The molecule has 2 aromatic rings. The normalized spacial score (nSPS) is 33.3. The van der Waals surface area contributed by atoms with E-state index in [1.165, 1.54) is 11.1 Å². The quantitative estimate of drug-likeness (QED) is 0.365. The van der Waals surface area contributed by atoms with Crippen LogP contribution in [0.15, 0.2) is 48.6 Å². The van der Waals surface area contributed by atoms with Crippen LogP contribution in [-0.2, 0) is 26.6 Å². The summed E-state index contributed by atoms with van der Waals surface area (Å²) in [6.07, 6.45) is 10.1. The molecule has 1 saturated heterocycles. The average Bonchev–Trinajstić information content (AvgIpc) is 3.25. The molecule has 3 aliphatic heterocycles. The van der Waals surface area contributed by atoms with Crippen molar-refractivity contribution in [2.24, 2.45) is 17.8 Å². The van der Waals surface area contributed by atoms with E-state index < -0.39 is 26.8 Å². The third-order valence-electron chi connectivity index (χ3n) is 13.2. The third kappa shape index (κ3) is 7.27. The lowest BCUT2D eigenvalue weighted by atomic mass is 9.63. The van der Waals surface area contributed by atoms with Gasteiger partial charge in [-0.05, 0) is 119 Å². The number of halogens is 1. The average molecular weight is 753 g/mol. The topological polar surface area (TPSA) is 91.4 Å². The second kappa shape index (κ2) is 14.9. The number of benzene rings is 2. The summed E-state index contributed by atoms with van der Waals surface area (Å²) in [6, 6.07) is 12.2. The highest BCUT2D eigenvalue weighted by molar-refractivity contribution is 7.90. The van der Waals surface area contributed by atoms with Gasteiger partial charge in [0, 0.05) is 75.0 Å². The van der Waals surface area contributed by atoms with Crippen LogP contribution in [0.4, 0.5) is 5.69 Å². The number of hydrogen-bond acceptors (Lipinski definition) is 8. The van der Waals surface area contributed by atoms with E-state index in [-0.39, 0.29) is 17.3 Å². The molecule has 2 bridgehead atoms. The monoisotopic (exact) mass is 752 g/mol. The first-order valence-electron chi connectivity index (χ1n) is 19.4. The lowest BCUT2D eigenvalue weighted by molar-refractivity contribution is -0.0961. The molecule has 1 spiro atoms. The molecule has 7 rings (SSSR count). The van der Waals surface area contributed by atoms with Crippen LogP contribution in [0.1, 0.15) is 81.3 Å². The van der Waals surface area contributed by atoms with Crippen LogP contribution in [0.3, 0.4) is 0 Å². The number of carbonyl (C=O) groups excluding carboxylic acids is 1. The van der Waals surface area contributed by atoms with E-state index >= 15 is 0 Å². The smallest absolute Gasteiger partial charge is 0.264 e. The van der Waals surface area contributed by atoms with Crippen molar-refractivity contribution in [2.75, 3.05) is 64.4 Å². The zero-order valence-electron chi connectivity index (χ0n) is 31.6. The van der Waals surface area contributed by atoms with Crippen molar-refractivity contribution in [1.29, 1.82) is 0 Å². The standard InChI is InChI=1S/C41H57ClN4O5S/c1-28(2)45-20-18-44(19-21-45)26-41(50-5)17-6-8-29(3)30(4)52(48,49)43-39(47)32-11-15-38-37(23-32)46(24-33-10-13-36(33)41)25-40(27-51-38)16-7-9-31-22-34(42)12-14-35(31)40/h6,11-12,14-15,17,22-23,28-30,33,36H,7-10,13,16,18-21,24-27H2,1-5H3,(H,43,47)/b17-6+/t29-,30+,33-,36+,40-,41-/m0/s1. The van der Waals surface area contributed by atoms with E-state index in [9.17, 15) is 13.2 Å². The van der Waals surface area contributed by atoms with E-state index in [4.69, 9.17) is 21.1 Å². The van der Waals surface area contributed by atoms with Gasteiger partial charge in [-0.1, -0.05) is 36.7 Å². The van der Waals surface area contributed by atoms with Gasteiger partial charge in [0.25, 0.3) is 5.91 Å². The minimum atomic E-state index is -3.95. The van der Waals surface area contributed by atoms with Gasteiger partial charge in [0.05, 0.1) is 17.5 Å². The number of methoxy groups -OCH3 is 1. The van der Waals surface area contributed by atoms with E-state index in [0.717, 1.165) is 94.4 Å². The Balaban J connectivity index is 1.29. The first-order chi connectivity index (χ1) is 24.8. The summed E-state index contributed by atoms with van der Waals surface area (Å²) in [6.45, 7) is 15.0. The van der Waals surface area contributed by atoms with E-state index in [1.807, 2.05) is 32.2 Å². The van der Waals surface area contributed by atoms with Crippen LogP contribution < -0.4 is 14.4 Å². The van der Waals surface area contributed by atoms with Crippen LogP contribution in [0, 0.1) is 17.8 Å². The Morgan fingerprint density at radius 1 is 1.08 bits per heavy atom. The number of fused-ring (bicyclic) bond motifs is 4. The first-order valence-corrected chi connectivity index (χ1v) is 21.3. The van der Waals surface area contributed by atoms with E-state index in [1.54, 1.807) is 13.0 Å². The van der Waals surface area contributed by atoms with E-state index in [2.05, 4.69) is 57.6 Å². The second-order valence-electron chi connectivity index (χ2n) is 16.6. The maximum absolute atomic E-state index is 13.6. The van der Waals surface area contributed by atoms with Crippen molar-refractivity contribution in [2.45, 2.75) is 88.5 Å². The Morgan fingerprint density at radius 3 is 2.58 bits per heavy atom. The highest BCUT2D eigenvalue weighted by Gasteiger charge is 2.50. The van der Waals surface area contributed by atoms with Crippen LogP contribution in [0.2, 0.25) is 5.02 Å². The van der Waals surface area contributed by atoms with Gasteiger partial charge < -0.3 is 14.4 Å². The molecule has 5 aliphatic rings. The largest absolute Gasteiger partial charge is 0.490 e. The van der Waals surface area contributed by atoms with Crippen molar-refractivity contribution in [3.63, 3.8) is 0 Å². The molecule has 1 N–H and O–H groups in total. The predicted octanol–water partition coefficient (Wildman–Crippen LogP) is 6.29. The van der Waals surface area contributed by atoms with Gasteiger partial charge in [0.15, 0.2) is 0 Å². The third-order valence-corrected chi connectivity index (χ3v) is 15.4. The molecule has 2 aromatic carbocycles. The van der Waals surface area contributed by atoms with Crippen molar-refractivity contribution < 1.29 is 22.7 Å². The van der Waals surface area contributed by atoms with Gasteiger partial charge in [-0.25, -0.2) is 13.1 Å². The number of amides is 1. The number of anilines is 1. The molecule has 0 radical (unpaired) electrons. The minimum Gasteiger partial charge on any atom is -0.490 e. The zero-order valence-corrected chi connectivity index (χ0v) is 33.1. The highest BCUT2D eigenvalue weighted by Crippen LogP contribution is 2.49. The fourth-order valence-corrected chi connectivity index (χ4v) is 11.1. The fraction of sp³-hybridized carbons (Fsp3) is 0.634. The summed E-state index contributed by atoms with van der Waals surface area (Å²) in [4.78, 5) is 21.2. The molecular weight excluding hydrogens is 696 g/mol. The van der Waals surface area contributed by atoms with Gasteiger partial charge >= 0.3 is 0 Å².